The maximum absolute atomic E-state index is 12.9. The van der Waals surface area contributed by atoms with E-state index in [9.17, 15) is 9.59 Å². The van der Waals surface area contributed by atoms with Crippen LogP contribution in [0.2, 0.25) is 5.02 Å². The van der Waals surface area contributed by atoms with Gasteiger partial charge >= 0.3 is 0 Å². The Hall–Kier alpha value is -2.52. The molecular formula is C29H35Cl2N5O3. The number of hydrogen-bond donors (Lipinski definition) is 1. The molecule has 3 aliphatic rings. The van der Waals surface area contributed by atoms with Crippen LogP contribution in [0.5, 0.6) is 0 Å². The van der Waals surface area contributed by atoms with E-state index in [-0.39, 0.29) is 53.6 Å². The Morgan fingerprint density at radius 2 is 1.77 bits per heavy atom. The molecule has 10 heteroatoms. The summed E-state index contributed by atoms with van der Waals surface area (Å²) in [6.45, 7) is 14.2. The quantitative estimate of drug-likeness (QED) is 0.449. The zero-order chi connectivity index (χ0) is 27.2. The minimum Gasteiger partial charge on any atom is -0.366 e. The first-order chi connectivity index (χ1) is 17.8. The number of nitrogens with zero attached hydrogens (tertiary/aromatic N) is 4. The number of rotatable bonds is 5. The summed E-state index contributed by atoms with van der Waals surface area (Å²) in [5.41, 5.74) is 4.59. The highest BCUT2D eigenvalue weighted by Gasteiger charge is 2.72. The van der Waals surface area contributed by atoms with Crippen LogP contribution in [0, 0.1) is 24.2 Å². The molecule has 0 radical (unpaired) electrons. The number of hydrogen-bond acceptors (Lipinski definition) is 6. The van der Waals surface area contributed by atoms with E-state index in [4.69, 9.17) is 16.3 Å². The molecule has 2 aliphatic heterocycles. The van der Waals surface area contributed by atoms with E-state index in [1.165, 1.54) is 11.2 Å². The molecule has 208 valence electrons. The summed E-state index contributed by atoms with van der Waals surface area (Å²) in [6, 6.07) is 5.89. The van der Waals surface area contributed by atoms with Crippen LogP contribution in [0.1, 0.15) is 51.3 Å². The molecule has 1 aliphatic carbocycles. The van der Waals surface area contributed by atoms with Crippen LogP contribution in [-0.2, 0) is 27.3 Å². The number of carbonyl (C=O) groups is 2. The lowest BCUT2D eigenvalue weighted by molar-refractivity contribution is -0.151. The second-order valence-corrected chi connectivity index (χ2v) is 13.1. The van der Waals surface area contributed by atoms with Crippen molar-refractivity contribution in [1.82, 2.24) is 24.8 Å². The standard InChI is InChI=1S/C29H34ClN5O3.ClH/c1-16-7-18(30)9-19(20(16)10-29(6)14-31-13-27(2,3)38-29)24-21-8-17(12-35(21)33-15-32-24)11-34-25(36)22-23(26(34)37)28(22,4)5;/h7-9,12,15,22-23,31H,10-11,13-14H2,1-6H3;1H. The van der Waals surface area contributed by atoms with Crippen molar-refractivity contribution >= 4 is 41.3 Å². The van der Waals surface area contributed by atoms with Gasteiger partial charge in [-0.1, -0.05) is 25.4 Å². The van der Waals surface area contributed by atoms with E-state index in [1.807, 2.05) is 38.2 Å². The first kappa shape index (κ1) is 28.0. The first-order valence-corrected chi connectivity index (χ1v) is 13.6. The SMILES string of the molecule is Cc1cc(Cl)cc(-c2ncnn3cc(CN4C(=O)C5C(C4=O)C5(C)C)cc23)c1CC1(C)CNCC(C)(C)O1.Cl. The third-order valence-electron chi connectivity index (χ3n) is 8.51. The van der Waals surface area contributed by atoms with E-state index in [0.29, 0.717) is 11.4 Å². The predicted octanol–water partition coefficient (Wildman–Crippen LogP) is 4.62. The summed E-state index contributed by atoms with van der Waals surface area (Å²) in [5, 5.41) is 8.57. The van der Waals surface area contributed by atoms with Crippen molar-refractivity contribution in [3.05, 3.63) is 52.4 Å². The number of morpholine rings is 1. The molecule has 6 rings (SSSR count). The number of fused-ring (bicyclic) bond motifs is 2. The number of imide groups is 1. The number of nitrogens with one attached hydrogen (secondary N) is 1. The molecule has 2 aromatic heterocycles. The molecule has 0 bridgehead atoms. The lowest BCUT2D eigenvalue weighted by Gasteiger charge is -2.44. The Kier molecular flexibility index (Phi) is 6.66. The summed E-state index contributed by atoms with van der Waals surface area (Å²) in [5.74, 6) is -0.530. The van der Waals surface area contributed by atoms with Gasteiger partial charge in [0.15, 0.2) is 0 Å². The number of aromatic nitrogens is 3. The lowest BCUT2D eigenvalue weighted by atomic mass is 9.86. The summed E-state index contributed by atoms with van der Waals surface area (Å²) >= 11 is 6.56. The van der Waals surface area contributed by atoms with Gasteiger partial charge in [0.2, 0.25) is 11.8 Å². The van der Waals surface area contributed by atoms with Crippen LogP contribution in [0.4, 0.5) is 0 Å². The third-order valence-corrected chi connectivity index (χ3v) is 8.73. The molecule has 0 spiro atoms. The van der Waals surface area contributed by atoms with Crippen LogP contribution in [0.3, 0.4) is 0 Å². The molecule has 39 heavy (non-hydrogen) atoms. The zero-order valence-electron chi connectivity index (χ0n) is 23.2. The smallest absolute Gasteiger partial charge is 0.233 e. The van der Waals surface area contributed by atoms with Gasteiger partial charge in [-0.25, -0.2) is 9.50 Å². The predicted molar refractivity (Wildman–Crippen MR) is 152 cm³/mol. The van der Waals surface area contributed by atoms with Crippen molar-refractivity contribution in [1.29, 1.82) is 0 Å². The fraction of sp³-hybridized carbons (Fsp3) is 0.517. The average Bonchev–Trinajstić information content (AvgIpc) is 3.06. The van der Waals surface area contributed by atoms with E-state index in [2.05, 4.69) is 43.1 Å². The minimum atomic E-state index is -0.406. The van der Waals surface area contributed by atoms with Crippen LogP contribution in [0.25, 0.3) is 16.8 Å². The zero-order valence-corrected chi connectivity index (χ0v) is 24.7. The maximum atomic E-state index is 12.9. The highest BCUT2D eigenvalue weighted by molar-refractivity contribution is 6.31. The Bertz CT molecular complexity index is 1480. The molecule has 1 saturated carbocycles. The summed E-state index contributed by atoms with van der Waals surface area (Å²) < 4.78 is 8.31. The van der Waals surface area contributed by atoms with Gasteiger partial charge in [-0.15, -0.1) is 12.4 Å². The molecule has 3 atom stereocenters. The molecule has 1 aromatic carbocycles. The monoisotopic (exact) mass is 571 g/mol. The van der Waals surface area contributed by atoms with E-state index in [1.54, 1.807) is 4.52 Å². The molecule has 3 unspecified atom stereocenters. The molecule has 2 amide bonds. The van der Waals surface area contributed by atoms with Crippen molar-refractivity contribution in [3.8, 4) is 11.3 Å². The van der Waals surface area contributed by atoms with Crippen molar-refractivity contribution in [2.75, 3.05) is 13.1 Å². The van der Waals surface area contributed by atoms with Crippen molar-refractivity contribution in [2.45, 2.75) is 65.7 Å². The number of aryl methyl sites for hydroxylation is 1. The fourth-order valence-corrected chi connectivity index (χ4v) is 6.95. The van der Waals surface area contributed by atoms with Gasteiger partial charge in [0, 0.05) is 36.3 Å². The normalized spacial score (nSPS) is 27.0. The fourth-order valence-electron chi connectivity index (χ4n) is 6.68. The van der Waals surface area contributed by atoms with Crippen LogP contribution < -0.4 is 5.32 Å². The molecule has 3 fully saturated rings. The molecular weight excluding hydrogens is 537 g/mol. The first-order valence-electron chi connectivity index (χ1n) is 13.2. The second-order valence-electron chi connectivity index (χ2n) is 12.7. The lowest BCUT2D eigenvalue weighted by Crippen LogP contribution is -2.57. The number of amides is 2. The number of carbonyl (C=O) groups excluding carboxylic acids is 2. The van der Waals surface area contributed by atoms with Crippen molar-refractivity contribution in [2.24, 2.45) is 17.3 Å². The van der Waals surface area contributed by atoms with Gasteiger partial charge in [0.25, 0.3) is 0 Å². The maximum Gasteiger partial charge on any atom is 0.233 e. The van der Waals surface area contributed by atoms with E-state index < -0.39 is 5.60 Å². The Morgan fingerprint density at radius 1 is 1.08 bits per heavy atom. The molecule has 8 nitrogen and oxygen atoms in total. The number of halogens is 2. The van der Waals surface area contributed by atoms with Gasteiger partial charge in [-0.3, -0.25) is 14.5 Å². The van der Waals surface area contributed by atoms with Crippen LogP contribution in [0.15, 0.2) is 30.7 Å². The number of benzene rings is 1. The second kappa shape index (κ2) is 9.26. The molecule has 1 N–H and O–H groups in total. The van der Waals surface area contributed by atoms with E-state index >= 15 is 0 Å². The highest BCUT2D eigenvalue weighted by atomic mass is 35.5. The number of piperidine rings is 1. The van der Waals surface area contributed by atoms with Crippen LogP contribution >= 0.6 is 24.0 Å². The van der Waals surface area contributed by atoms with Gasteiger partial charge in [0.1, 0.15) is 6.33 Å². The van der Waals surface area contributed by atoms with E-state index in [0.717, 1.165) is 46.6 Å². The average molecular weight is 573 g/mol. The Labute approximate surface area is 239 Å². The number of ether oxygens (including phenoxy) is 1. The summed E-state index contributed by atoms with van der Waals surface area (Å²) in [6.07, 6.45) is 4.07. The van der Waals surface area contributed by atoms with Gasteiger partial charge in [-0.05, 0) is 68.0 Å². The molecule has 2 saturated heterocycles. The number of likely N-dealkylation sites (tertiary alicyclic amines) is 1. The molecule has 4 heterocycles. The molecule has 3 aromatic rings. The summed E-state index contributed by atoms with van der Waals surface area (Å²) in [7, 11) is 0. The highest BCUT2D eigenvalue weighted by Crippen LogP contribution is 2.63. The third kappa shape index (κ3) is 4.65. The van der Waals surface area contributed by atoms with Gasteiger partial charge in [-0.2, -0.15) is 5.10 Å². The van der Waals surface area contributed by atoms with Gasteiger partial charge < -0.3 is 10.1 Å². The summed E-state index contributed by atoms with van der Waals surface area (Å²) in [4.78, 5) is 31.9. The van der Waals surface area contributed by atoms with Crippen molar-refractivity contribution < 1.29 is 14.3 Å². The Morgan fingerprint density at radius 3 is 2.44 bits per heavy atom. The Balaban J connectivity index is 0.00000308. The van der Waals surface area contributed by atoms with Gasteiger partial charge in [0.05, 0.1) is 40.8 Å². The minimum absolute atomic E-state index is 0. The topological polar surface area (TPSA) is 88.8 Å². The van der Waals surface area contributed by atoms with Crippen molar-refractivity contribution in [3.63, 3.8) is 0 Å². The largest absolute Gasteiger partial charge is 0.366 e. The van der Waals surface area contributed by atoms with Crippen LogP contribution in [-0.4, -0.2) is 55.6 Å².